The monoisotopic (exact) mass is 184 g/mol. The van der Waals surface area contributed by atoms with Crippen molar-refractivity contribution < 1.29 is 14.2 Å². The predicted molar refractivity (Wildman–Crippen MR) is 48.2 cm³/mol. The number of benzene rings is 1. The molecule has 0 amide bonds. The third kappa shape index (κ3) is 2.18. The van der Waals surface area contributed by atoms with Gasteiger partial charge in [-0.25, -0.2) is 4.39 Å². The molecule has 0 aliphatic carbocycles. The summed E-state index contributed by atoms with van der Waals surface area (Å²) in [6, 6.07) is 2.68. The van der Waals surface area contributed by atoms with E-state index in [1.165, 1.54) is 12.1 Å². The van der Waals surface area contributed by atoms with Crippen LogP contribution in [0.5, 0.6) is 5.75 Å². The zero-order valence-electron chi connectivity index (χ0n) is 7.80. The van der Waals surface area contributed by atoms with E-state index in [0.717, 1.165) is 0 Å². The Balaban J connectivity index is 3.13. The highest BCUT2D eigenvalue weighted by Crippen LogP contribution is 2.24. The number of halogens is 1. The molecule has 0 saturated carbocycles. The molecule has 0 fully saturated rings. The molecule has 3 heteroatoms. The number of hydrogen-bond donors (Lipinski definition) is 1. The lowest BCUT2D eigenvalue weighted by molar-refractivity contribution is 0.265. The second-order valence-electron chi connectivity index (χ2n) is 2.80. The van der Waals surface area contributed by atoms with E-state index < -0.39 is 0 Å². The van der Waals surface area contributed by atoms with Crippen molar-refractivity contribution in [3.05, 3.63) is 29.1 Å². The zero-order chi connectivity index (χ0) is 9.84. The van der Waals surface area contributed by atoms with Gasteiger partial charge < -0.3 is 9.84 Å². The van der Waals surface area contributed by atoms with Crippen molar-refractivity contribution in [1.82, 2.24) is 0 Å². The normalized spacial score (nSPS) is 10.2. The largest absolute Gasteiger partial charge is 0.493 e. The summed E-state index contributed by atoms with van der Waals surface area (Å²) < 4.78 is 18.2. The quantitative estimate of drug-likeness (QED) is 0.778. The number of hydrogen-bond acceptors (Lipinski definition) is 2. The number of aliphatic hydroxyl groups is 1. The minimum absolute atomic E-state index is 0.200. The predicted octanol–water partition coefficient (Wildman–Crippen LogP) is 2.03. The molecule has 2 nitrogen and oxygen atoms in total. The Labute approximate surface area is 77.0 Å². The van der Waals surface area contributed by atoms with Gasteiger partial charge in [0.1, 0.15) is 11.6 Å². The SMILES string of the molecule is CCOc1c(C)cc(F)cc1CO. The van der Waals surface area contributed by atoms with Crippen LogP contribution in [0.25, 0.3) is 0 Å². The van der Waals surface area contributed by atoms with Gasteiger partial charge in [-0.3, -0.25) is 0 Å². The summed E-state index contributed by atoms with van der Waals surface area (Å²) in [6.07, 6.45) is 0. The molecule has 0 aromatic heterocycles. The fraction of sp³-hybridized carbons (Fsp3) is 0.400. The van der Waals surface area contributed by atoms with Gasteiger partial charge in [0, 0.05) is 5.56 Å². The molecule has 13 heavy (non-hydrogen) atoms. The second-order valence-corrected chi connectivity index (χ2v) is 2.80. The summed E-state index contributed by atoms with van der Waals surface area (Å²) in [5.74, 6) is 0.247. The van der Waals surface area contributed by atoms with Gasteiger partial charge in [0.05, 0.1) is 13.2 Å². The molecule has 0 unspecified atom stereocenters. The highest BCUT2D eigenvalue weighted by Gasteiger charge is 2.07. The smallest absolute Gasteiger partial charge is 0.127 e. The van der Waals surface area contributed by atoms with E-state index >= 15 is 0 Å². The minimum atomic E-state index is -0.343. The molecule has 0 saturated heterocycles. The summed E-state index contributed by atoms with van der Waals surface area (Å²) in [7, 11) is 0. The van der Waals surface area contributed by atoms with E-state index in [1.807, 2.05) is 6.92 Å². The average molecular weight is 184 g/mol. The summed E-state index contributed by atoms with van der Waals surface area (Å²) in [6.45, 7) is 3.92. The lowest BCUT2D eigenvalue weighted by atomic mass is 10.1. The molecular weight excluding hydrogens is 171 g/mol. The maximum Gasteiger partial charge on any atom is 0.127 e. The first kappa shape index (κ1) is 9.99. The van der Waals surface area contributed by atoms with Gasteiger partial charge in [0.25, 0.3) is 0 Å². The van der Waals surface area contributed by atoms with Crippen LogP contribution in [0.3, 0.4) is 0 Å². The van der Waals surface area contributed by atoms with Crippen LogP contribution < -0.4 is 4.74 Å². The first-order chi connectivity index (χ1) is 6.19. The topological polar surface area (TPSA) is 29.5 Å². The van der Waals surface area contributed by atoms with Gasteiger partial charge in [-0.2, -0.15) is 0 Å². The van der Waals surface area contributed by atoms with Crippen LogP contribution in [0.4, 0.5) is 4.39 Å². The van der Waals surface area contributed by atoms with E-state index in [-0.39, 0.29) is 12.4 Å². The maximum atomic E-state index is 12.9. The van der Waals surface area contributed by atoms with Gasteiger partial charge in [-0.15, -0.1) is 0 Å². The van der Waals surface area contributed by atoms with Gasteiger partial charge in [-0.05, 0) is 31.5 Å². The van der Waals surface area contributed by atoms with Crippen LogP contribution >= 0.6 is 0 Å². The lowest BCUT2D eigenvalue weighted by Crippen LogP contribution is -2.00. The average Bonchev–Trinajstić information content (AvgIpc) is 2.09. The molecule has 0 aliphatic rings. The fourth-order valence-electron chi connectivity index (χ4n) is 1.27. The third-order valence-electron chi connectivity index (χ3n) is 1.78. The van der Waals surface area contributed by atoms with Crippen molar-refractivity contribution >= 4 is 0 Å². The Hall–Kier alpha value is -1.09. The number of aliphatic hydroxyl groups excluding tert-OH is 1. The molecule has 0 atom stereocenters. The van der Waals surface area contributed by atoms with Crippen LogP contribution in [0.15, 0.2) is 12.1 Å². The molecule has 1 aromatic rings. The third-order valence-corrected chi connectivity index (χ3v) is 1.78. The van der Waals surface area contributed by atoms with Gasteiger partial charge in [0.2, 0.25) is 0 Å². The number of aryl methyl sites for hydroxylation is 1. The minimum Gasteiger partial charge on any atom is -0.493 e. The molecule has 72 valence electrons. The number of ether oxygens (including phenoxy) is 1. The van der Waals surface area contributed by atoms with Crippen LogP contribution in [0, 0.1) is 12.7 Å². The van der Waals surface area contributed by atoms with E-state index in [1.54, 1.807) is 6.92 Å². The van der Waals surface area contributed by atoms with Crippen molar-refractivity contribution in [1.29, 1.82) is 0 Å². The van der Waals surface area contributed by atoms with Gasteiger partial charge in [-0.1, -0.05) is 0 Å². The molecule has 1 N–H and O–H groups in total. The molecule has 0 spiro atoms. The highest BCUT2D eigenvalue weighted by molar-refractivity contribution is 5.40. The van der Waals surface area contributed by atoms with E-state index in [4.69, 9.17) is 9.84 Å². The van der Waals surface area contributed by atoms with Crippen LogP contribution in [0.2, 0.25) is 0 Å². The molecule has 0 aliphatic heterocycles. The summed E-state index contributed by atoms with van der Waals surface area (Å²) in [5, 5.41) is 8.95. The second kappa shape index (κ2) is 4.23. The Kier molecular flexibility index (Phi) is 3.25. The van der Waals surface area contributed by atoms with Crippen molar-refractivity contribution in [2.75, 3.05) is 6.61 Å². The Bertz CT molecular complexity index is 297. The Morgan fingerprint density at radius 1 is 1.46 bits per heavy atom. The van der Waals surface area contributed by atoms with Crippen LogP contribution in [0.1, 0.15) is 18.1 Å². The molecular formula is C10H13FO2. The van der Waals surface area contributed by atoms with Crippen molar-refractivity contribution in [2.24, 2.45) is 0 Å². The maximum absolute atomic E-state index is 12.9. The van der Waals surface area contributed by atoms with Crippen molar-refractivity contribution in [3.8, 4) is 5.75 Å². The van der Waals surface area contributed by atoms with E-state index in [0.29, 0.717) is 23.5 Å². The summed E-state index contributed by atoms with van der Waals surface area (Å²) >= 11 is 0. The molecule has 0 heterocycles. The first-order valence-electron chi connectivity index (χ1n) is 4.21. The van der Waals surface area contributed by atoms with E-state index in [2.05, 4.69) is 0 Å². The van der Waals surface area contributed by atoms with Gasteiger partial charge in [0.15, 0.2) is 0 Å². The molecule has 0 radical (unpaired) electrons. The fourth-order valence-corrected chi connectivity index (χ4v) is 1.27. The standard InChI is InChI=1S/C10H13FO2/c1-3-13-10-7(2)4-9(11)5-8(10)6-12/h4-5,12H,3,6H2,1-2H3. The summed E-state index contributed by atoms with van der Waals surface area (Å²) in [5.41, 5.74) is 1.21. The summed E-state index contributed by atoms with van der Waals surface area (Å²) in [4.78, 5) is 0. The molecule has 1 aromatic carbocycles. The first-order valence-corrected chi connectivity index (χ1v) is 4.21. The van der Waals surface area contributed by atoms with Crippen molar-refractivity contribution in [3.63, 3.8) is 0 Å². The molecule has 0 bridgehead atoms. The van der Waals surface area contributed by atoms with E-state index in [9.17, 15) is 4.39 Å². The molecule has 1 rings (SSSR count). The van der Waals surface area contributed by atoms with Gasteiger partial charge >= 0.3 is 0 Å². The number of rotatable bonds is 3. The Morgan fingerprint density at radius 3 is 2.69 bits per heavy atom. The van der Waals surface area contributed by atoms with Crippen molar-refractivity contribution in [2.45, 2.75) is 20.5 Å². The Morgan fingerprint density at radius 2 is 2.15 bits per heavy atom. The lowest BCUT2D eigenvalue weighted by Gasteiger charge is -2.11. The highest BCUT2D eigenvalue weighted by atomic mass is 19.1. The zero-order valence-corrected chi connectivity index (χ0v) is 7.80. The van der Waals surface area contributed by atoms with Crippen LogP contribution in [-0.4, -0.2) is 11.7 Å². The van der Waals surface area contributed by atoms with Crippen LogP contribution in [-0.2, 0) is 6.61 Å².